The normalized spacial score (nSPS) is 13.1. The van der Waals surface area contributed by atoms with E-state index in [1.807, 2.05) is 36.4 Å². The van der Waals surface area contributed by atoms with Crippen molar-refractivity contribution < 1.29 is 23.7 Å². The number of hydrogen-bond acceptors (Lipinski definition) is 5. The predicted molar refractivity (Wildman–Crippen MR) is 112 cm³/mol. The van der Waals surface area contributed by atoms with E-state index in [0.29, 0.717) is 31.3 Å². The van der Waals surface area contributed by atoms with E-state index >= 15 is 0 Å². The summed E-state index contributed by atoms with van der Waals surface area (Å²) in [6.45, 7) is 1.89. The van der Waals surface area contributed by atoms with Crippen LogP contribution in [0, 0.1) is 0 Å². The van der Waals surface area contributed by atoms with E-state index in [1.54, 1.807) is 38.3 Å². The summed E-state index contributed by atoms with van der Waals surface area (Å²) >= 11 is 0. The second kappa shape index (κ2) is 9.87. The van der Waals surface area contributed by atoms with Crippen LogP contribution in [-0.2, 0) is 11.2 Å². The molecule has 0 radical (unpaired) electrons. The lowest BCUT2D eigenvalue weighted by atomic mass is 10.1. The Bertz CT molecular complexity index is 878. The first-order valence-corrected chi connectivity index (χ1v) is 9.64. The largest absolute Gasteiger partial charge is 0.493 e. The Morgan fingerprint density at radius 1 is 1.03 bits per heavy atom. The summed E-state index contributed by atoms with van der Waals surface area (Å²) in [6.07, 6.45) is 4.96. The number of benzene rings is 2. The average Bonchev–Trinajstić information content (AvgIpc) is 3.00. The van der Waals surface area contributed by atoms with Crippen LogP contribution in [0.2, 0.25) is 0 Å². The highest BCUT2D eigenvalue weighted by Crippen LogP contribution is 2.31. The van der Waals surface area contributed by atoms with E-state index in [-0.39, 0.29) is 5.91 Å². The first kappa shape index (κ1) is 20.6. The fraction of sp³-hybridized carbons (Fsp3) is 0.348. The molecule has 6 heteroatoms. The number of nitrogens with zero attached hydrogens (tertiary/aromatic N) is 1. The van der Waals surface area contributed by atoms with Gasteiger partial charge in [-0.05, 0) is 47.9 Å². The second-order valence-electron chi connectivity index (χ2n) is 6.79. The fourth-order valence-corrected chi connectivity index (χ4v) is 3.02. The van der Waals surface area contributed by atoms with Gasteiger partial charge in [-0.15, -0.1) is 0 Å². The molecule has 1 aliphatic heterocycles. The molecule has 0 N–H and O–H groups in total. The SMILES string of the molecule is COc1ccc(CCN(C)C(=O)/C=C/c2ccc3c(c2)OCCCO3)cc1OC. The molecule has 0 unspecified atom stereocenters. The zero-order chi connectivity index (χ0) is 20.6. The molecule has 1 heterocycles. The Balaban J connectivity index is 1.57. The van der Waals surface area contributed by atoms with Gasteiger partial charge in [0.05, 0.1) is 27.4 Å². The van der Waals surface area contributed by atoms with E-state index in [4.69, 9.17) is 18.9 Å². The number of carbonyl (C=O) groups excluding carboxylic acids is 1. The third kappa shape index (κ3) is 5.44. The van der Waals surface area contributed by atoms with Gasteiger partial charge in [-0.2, -0.15) is 0 Å². The number of methoxy groups -OCH3 is 2. The van der Waals surface area contributed by atoms with Gasteiger partial charge in [0.2, 0.25) is 5.91 Å². The van der Waals surface area contributed by atoms with Crippen LogP contribution in [0.15, 0.2) is 42.5 Å². The van der Waals surface area contributed by atoms with Crippen LogP contribution in [0.25, 0.3) is 6.08 Å². The number of carbonyl (C=O) groups is 1. The quantitative estimate of drug-likeness (QED) is 0.669. The summed E-state index contributed by atoms with van der Waals surface area (Å²) in [5, 5.41) is 0. The molecule has 2 aromatic carbocycles. The molecule has 1 aliphatic rings. The van der Waals surface area contributed by atoms with Gasteiger partial charge in [0.1, 0.15) is 0 Å². The second-order valence-corrected chi connectivity index (χ2v) is 6.79. The summed E-state index contributed by atoms with van der Waals surface area (Å²) < 4.78 is 21.9. The van der Waals surface area contributed by atoms with Gasteiger partial charge in [0.25, 0.3) is 0 Å². The van der Waals surface area contributed by atoms with Crippen LogP contribution in [0.5, 0.6) is 23.0 Å². The Kier molecular flexibility index (Phi) is 7.00. The van der Waals surface area contributed by atoms with Gasteiger partial charge >= 0.3 is 0 Å². The molecule has 0 bridgehead atoms. The summed E-state index contributed by atoms with van der Waals surface area (Å²) in [5.41, 5.74) is 1.98. The Hall–Kier alpha value is -3.15. The van der Waals surface area contributed by atoms with Crippen LogP contribution in [0.3, 0.4) is 0 Å². The smallest absolute Gasteiger partial charge is 0.246 e. The zero-order valence-corrected chi connectivity index (χ0v) is 17.1. The van der Waals surface area contributed by atoms with Gasteiger partial charge in [0, 0.05) is 26.1 Å². The molecular formula is C23H27NO5. The number of amides is 1. The van der Waals surface area contributed by atoms with E-state index in [9.17, 15) is 4.79 Å². The number of hydrogen-bond donors (Lipinski definition) is 0. The lowest BCUT2D eigenvalue weighted by molar-refractivity contribution is -0.124. The molecule has 154 valence electrons. The third-order valence-corrected chi connectivity index (χ3v) is 4.75. The van der Waals surface area contributed by atoms with Crippen LogP contribution >= 0.6 is 0 Å². The first-order valence-electron chi connectivity index (χ1n) is 9.64. The van der Waals surface area contributed by atoms with Gasteiger partial charge in [-0.3, -0.25) is 4.79 Å². The molecule has 0 aromatic heterocycles. The number of likely N-dealkylation sites (N-methyl/N-ethyl adjacent to an activating group) is 1. The van der Waals surface area contributed by atoms with Crippen LogP contribution in [0.4, 0.5) is 0 Å². The predicted octanol–water partition coefficient (Wildman–Crippen LogP) is 3.58. The molecule has 0 atom stereocenters. The van der Waals surface area contributed by atoms with Gasteiger partial charge in [0.15, 0.2) is 23.0 Å². The molecule has 3 rings (SSSR count). The molecule has 0 aliphatic carbocycles. The molecule has 0 saturated heterocycles. The molecular weight excluding hydrogens is 370 g/mol. The lowest BCUT2D eigenvalue weighted by Gasteiger charge is -2.16. The zero-order valence-electron chi connectivity index (χ0n) is 17.1. The molecule has 0 spiro atoms. The monoisotopic (exact) mass is 397 g/mol. The topological polar surface area (TPSA) is 57.2 Å². The number of fused-ring (bicyclic) bond motifs is 1. The van der Waals surface area contributed by atoms with E-state index in [0.717, 1.165) is 35.5 Å². The number of rotatable bonds is 7. The summed E-state index contributed by atoms with van der Waals surface area (Å²) in [4.78, 5) is 14.1. The standard InChI is InChI=1S/C23H27NO5/c1-24(12-11-18-5-8-19(26-2)21(15-18)27-3)23(25)10-7-17-6-9-20-22(16-17)29-14-4-13-28-20/h5-10,15-16H,4,11-14H2,1-3H3/b10-7+. The van der Waals surface area contributed by atoms with E-state index in [1.165, 1.54) is 0 Å². The minimum atomic E-state index is -0.0578. The van der Waals surface area contributed by atoms with Crippen molar-refractivity contribution >= 4 is 12.0 Å². The molecule has 29 heavy (non-hydrogen) atoms. The Morgan fingerprint density at radius 2 is 1.79 bits per heavy atom. The maximum Gasteiger partial charge on any atom is 0.246 e. The van der Waals surface area contributed by atoms with Gasteiger partial charge < -0.3 is 23.8 Å². The van der Waals surface area contributed by atoms with Crippen molar-refractivity contribution in [3.05, 3.63) is 53.6 Å². The van der Waals surface area contributed by atoms with Crippen LogP contribution < -0.4 is 18.9 Å². The van der Waals surface area contributed by atoms with Gasteiger partial charge in [-0.25, -0.2) is 0 Å². The lowest BCUT2D eigenvalue weighted by Crippen LogP contribution is -2.27. The maximum atomic E-state index is 12.4. The van der Waals surface area contributed by atoms with Gasteiger partial charge in [-0.1, -0.05) is 12.1 Å². The highest BCUT2D eigenvalue weighted by Gasteiger charge is 2.11. The van der Waals surface area contributed by atoms with Crippen LogP contribution in [0.1, 0.15) is 17.5 Å². The van der Waals surface area contributed by atoms with Crippen LogP contribution in [-0.4, -0.2) is 51.8 Å². The fourth-order valence-electron chi connectivity index (χ4n) is 3.02. The molecule has 0 fully saturated rings. The van der Waals surface area contributed by atoms with E-state index < -0.39 is 0 Å². The summed E-state index contributed by atoms with van der Waals surface area (Å²) in [7, 11) is 5.02. The highest BCUT2D eigenvalue weighted by atomic mass is 16.5. The minimum Gasteiger partial charge on any atom is -0.493 e. The third-order valence-electron chi connectivity index (χ3n) is 4.75. The van der Waals surface area contributed by atoms with Crippen molar-refractivity contribution in [2.45, 2.75) is 12.8 Å². The molecule has 2 aromatic rings. The van der Waals surface area contributed by atoms with Crippen molar-refractivity contribution in [2.24, 2.45) is 0 Å². The minimum absolute atomic E-state index is 0.0578. The molecule has 6 nitrogen and oxygen atoms in total. The molecule has 0 saturated carbocycles. The van der Waals surface area contributed by atoms with Crippen molar-refractivity contribution in [1.29, 1.82) is 0 Å². The maximum absolute atomic E-state index is 12.4. The van der Waals surface area contributed by atoms with Crippen molar-refractivity contribution in [1.82, 2.24) is 4.90 Å². The van der Waals surface area contributed by atoms with Crippen molar-refractivity contribution in [3.8, 4) is 23.0 Å². The first-order chi connectivity index (χ1) is 14.1. The Morgan fingerprint density at radius 3 is 2.55 bits per heavy atom. The highest BCUT2D eigenvalue weighted by molar-refractivity contribution is 5.91. The average molecular weight is 397 g/mol. The summed E-state index contributed by atoms with van der Waals surface area (Å²) in [6, 6.07) is 11.5. The molecule has 1 amide bonds. The summed E-state index contributed by atoms with van der Waals surface area (Å²) in [5.74, 6) is 2.79. The van der Waals surface area contributed by atoms with Crippen molar-refractivity contribution in [2.75, 3.05) is 41.0 Å². The number of ether oxygens (including phenoxy) is 4. The van der Waals surface area contributed by atoms with E-state index in [2.05, 4.69) is 0 Å². The van der Waals surface area contributed by atoms with Crippen molar-refractivity contribution in [3.63, 3.8) is 0 Å². The Labute approximate surface area is 171 Å².